The monoisotopic (exact) mass is 437 g/mol. The maximum Gasteiger partial charge on any atom is 0.338 e. The van der Waals surface area contributed by atoms with Gasteiger partial charge in [0.2, 0.25) is 6.79 Å². The number of carbonyl (C=O) groups excluding carboxylic acids is 3. The number of rotatable bonds is 6. The topological polar surface area (TPSA) is 90.9 Å². The fraction of sp³-hybridized carbons (Fsp3) is 0.0870. The minimum atomic E-state index is -0.708. The molecule has 156 valence electrons. The molecule has 1 aliphatic rings. The summed E-state index contributed by atoms with van der Waals surface area (Å²) in [5.74, 6) is -0.634. The largest absolute Gasteiger partial charge is 0.454 e. The van der Waals surface area contributed by atoms with Crippen molar-refractivity contribution in [3.8, 4) is 11.5 Å². The van der Waals surface area contributed by atoms with Gasteiger partial charge in [0.15, 0.2) is 23.9 Å². The van der Waals surface area contributed by atoms with Crippen LogP contribution in [0.4, 0.5) is 5.69 Å². The second kappa shape index (κ2) is 8.89. The lowest BCUT2D eigenvalue weighted by Gasteiger charge is -2.08. The van der Waals surface area contributed by atoms with Crippen LogP contribution in [0.25, 0.3) is 0 Å². The molecule has 3 aromatic rings. The van der Waals surface area contributed by atoms with Crippen LogP contribution in [0.15, 0.2) is 66.7 Å². The Balaban J connectivity index is 1.34. The molecular formula is C23H16ClNO6. The third-order valence-electron chi connectivity index (χ3n) is 4.50. The SMILES string of the molecule is O=C(COC(=O)c1cc(Cl)c2c(c1)OCO2)c1ccc(NC(=O)c2ccccc2)cc1. The van der Waals surface area contributed by atoms with Crippen LogP contribution in [-0.2, 0) is 4.74 Å². The fourth-order valence-corrected chi connectivity index (χ4v) is 3.18. The number of amides is 1. The van der Waals surface area contributed by atoms with Gasteiger partial charge in [-0.2, -0.15) is 0 Å². The summed E-state index contributed by atoms with van der Waals surface area (Å²) in [5.41, 5.74) is 1.56. The van der Waals surface area contributed by atoms with Crippen LogP contribution in [0.5, 0.6) is 11.5 Å². The molecule has 0 aromatic heterocycles. The highest BCUT2D eigenvalue weighted by Crippen LogP contribution is 2.39. The van der Waals surface area contributed by atoms with Crippen LogP contribution in [0.3, 0.4) is 0 Å². The van der Waals surface area contributed by atoms with E-state index >= 15 is 0 Å². The molecular weight excluding hydrogens is 422 g/mol. The third-order valence-corrected chi connectivity index (χ3v) is 4.78. The highest BCUT2D eigenvalue weighted by atomic mass is 35.5. The van der Waals surface area contributed by atoms with Gasteiger partial charge in [-0.1, -0.05) is 29.8 Å². The van der Waals surface area contributed by atoms with Crippen molar-refractivity contribution in [1.29, 1.82) is 0 Å². The van der Waals surface area contributed by atoms with E-state index in [0.717, 1.165) is 0 Å². The van der Waals surface area contributed by atoms with Crippen LogP contribution >= 0.6 is 11.6 Å². The lowest BCUT2D eigenvalue weighted by atomic mass is 10.1. The predicted molar refractivity (Wildman–Crippen MR) is 113 cm³/mol. The first-order valence-electron chi connectivity index (χ1n) is 9.27. The molecule has 1 amide bonds. The van der Waals surface area contributed by atoms with E-state index in [0.29, 0.717) is 28.3 Å². The quantitative estimate of drug-likeness (QED) is 0.455. The lowest BCUT2D eigenvalue weighted by Crippen LogP contribution is -2.15. The first-order valence-corrected chi connectivity index (χ1v) is 9.65. The Kier molecular flexibility index (Phi) is 5.86. The number of fused-ring (bicyclic) bond motifs is 1. The van der Waals surface area contributed by atoms with Crippen molar-refractivity contribution in [2.75, 3.05) is 18.7 Å². The van der Waals surface area contributed by atoms with Gasteiger partial charge in [-0.05, 0) is 48.5 Å². The summed E-state index contributed by atoms with van der Waals surface area (Å²) in [6, 6.07) is 17.9. The second-order valence-corrected chi connectivity index (χ2v) is 7.00. The summed E-state index contributed by atoms with van der Waals surface area (Å²) in [6.45, 7) is -0.422. The molecule has 0 saturated carbocycles. The summed E-state index contributed by atoms with van der Waals surface area (Å²) in [6.07, 6.45) is 0. The average molecular weight is 438 g/mol. The Morgan fingerprint density at radius 1 is 0.903 bits per heavy atom. The Morgan fingerprint density at radius 3 is 2.39 bits per heavy atom. The van der Waals surface area contributed by atoms with Crippen molar-refractivity contribution >= 4 is 34.9 Å². The maximum atomic E-state index is 12.4. The van der Waals surface area contributed by atoms with Crippen molar-refractivity contribution in [3.05, 3.63) is 88.4 Å². The summed E-state index contributed by atoms with van der Waals surface area (Å²) < 4.78 is 15.5. The van der Waals surface area contributed by atoms with Gasteiger partial charge in [0.05, 0.1) is 10.6 Å². The molecule has 0 fully saturated rings. The zero-order valence-electron chi connectivity index (χ0n) is 16.1. The standard InChI is InChI=1S/C23H16ClNO6/c24-18-10-16(11-20-21(18)31-13-30-20)23(28)29-12-19(26)14-6-8-17(9-7-14)25-22(27)15-4-2-1-3-5-15/h1-11H,12-13H2,(H,25,27). The van der Waals surface area contributed by atoms with Crippen LogP contribution < -0.4 is 14.8 Å². The van der Waals surface area contributed by atoms with Crippen molar-refractivity contribution in [2.24, 2.45) is 0 Å². The summed E-state index contributed by atoms with van der Waals surface area (Å²) in [4.78, 5) is 36.8. The molecule has 0 bridgehead atoms. The van der Waals surface area contributed by atoms with E-state index in [1.807, 2.05) is 6.07 Å². The summed E-state index contributed by atoms with van der Waals surface area (Å²) in [5, 5.41) is 2.98. The number of ether oxygens (including phenoxy) is 3. The van der Waals surface area contributed by atoms with Crippen molar-refractivity contribution < 1.29 is 28.6 Å². The predicted octanol–water partition coefficient (Wildman–Crippen LogP) is 4.36. The van der Waals surface area contributed by atoms with E-state index in [1.54, 1.807) is 48.5 Å². The summed E-state index contributed by atoms with van der Waals surface area (Å²) in [7, 11) is 0. The highest BCUT2D eigenvalue weighted by Gasteiger charge is 2.22. The number of carbonyl (C=O) groups is 3. The summed E-state index contributed by atoms with van der Waals surface area (Å²) >= 11 is 6.06. The van der Waals surface area contributed by atoms with Crippen LogP contribution in [0.2, 0.25) is 5.02 Å². The molecule has 31 heavy (non-hydrogen) atoms. The molecule has 0 saturated heterocycles. The van der Waals surface area contributed by atoms with E-state index in [4.69, 9.17) is 25.8 Å². The van der Waals surface area contributed by atoms with Gasteiger partial charge in [0.25, 0.3) is 5.91 Å². The highest BCUT2D eigenvalue weighted by molar-refractivity contribution is 6.32. The number of hydrogen-bond acceptors (Lipinski definition) is 6. The number of esters is 1. The van der Waals surface area contributed by atoms with Crippen LogP contribution in [-0.4, -0.2) is 31.1 Å². The molecule has 0 radical (unpaired) electrons. The van der Waals surface area contributed by atoms with Gasteiger partial charge in [0.1, 0.15) is 0 Å². The van der Waals surface area contributed by atoms with Gasteiger partial charge >= 0.3 is 5.97 Å². The van der Waals surface area contributed by atoms with Crippen LogP contribution in [0, 0.1) is 0 Å². The molecule has 7 nitrogen and oxygen atoms in total. The number of ketones is 1. The first-order chi connectivity index (χ1) is 15.0. The molecule has 4 rings (SSSR count). The molecule has 1 aliphatic heterocycles. The third kappa shape index (κ3) is 4.67. The number of hydrogen-bond donors (Lipinski definition) is 1. The van der Waals surface area contributed by atoms with Crippen molar-refractivity contribution in [2.45, 2.75) is 0 Å². The molecule has 0 spiro atoms. The number of Topliss-reactive ketones (excluding diaryl/α,β-unsaturated/α-hetero) is 1. The lowest BCUT2D eigenvalue weighted by molar-refractivity contribution is 0.0474. The van der Waals surface area contributed by atoms with Gasteiger partial charge in [0, 0.05) is 16.8 Å². The first kappa shape index (κ1) is 20.4. The number of nitrogens with one attached hydrogen (secondary N) is 1. The normalized spacial score (nSPS) is 11.6. The molecule has 0 aliphatic carbocycles. The minimum Gasteiger partial charge on any atom is -0.454 e. The molecule has 3 aromatic carbocycles. The minimum absolute atomic E-state index is 0.0217. The van der Waals surface area contributed by atoms with Crippen molar-refractivity contribution in [3.63, 3.8) is 0 Å². The second-order valence-electron chi connectivity index (χ2n) is 6.59. The van der Waals surface area contributed by atoms with Crippen molar-refractivity contribution in [1.82, 2.24) is 0 Å². The van der Waals surface area contributed by atoms with Crippen LogP contribution in [0.1, 0.15) is 31.1 Å². The maximum absolute atomic E-state index is 12.4. The Morgan fingerprint density at radius 2 is 1.65 bits per heavy atom. The van der Waals surface area contributed by atoms with Gasteiger partial charge in [-0.3, -0.25) is 9.59 Å². The number of anilines is 1. The van der Waals surface area contributed by atoms with E-state index in [2.05, 4.69) is 5.32 Å². The van der Waals surface area contributed by atoms with E-state index in [-0.39, 0.29) is 29.1 Å². The zero-order chi connectivity index (χ0) is 21.8. The number of halogens is 1. The molecule has 1 N–H and O–H groups in total. The molecule has 0 atom stereocenters. The van der Waals surface area contributed by atoms with Gasteiger partial charge < -0.3 is 19.5 Å². The molecule has 8 heteroatoms. The fourth-order valence-electron chi connectivity index (χ4n) is 2.92. The Bertz CT molecular complexity index is 1140. The van der Waals surface area contributed by atoms with Gasteiger partial charge in [-0.15, -0.1) is 0 Å². The Labute approximate surface area is 182 Å². The zero-order valence-corrected chi connectivity index (χ0v) is 16.8. The Hall–Kier alpha value is -3.84. The average Bonchev–Trinajstić information content (AvgIpc) is 3.28. The smallest absolute Gasteiger partial charge is 0.338 e. The van der Waals surface area contributed by atoms with E-state index < -0.39 is 12.6 Å². The van der Waals surface area contributed by atoms with Gasteiger partial charge in [-0.25, -0.2) is 4.79 Å². The molecule has 0 unspecified atom stereocenters. The number of benzene rings is 3. The van der Waals surface area contributed by atoms with E-state index in [1.165, 1.54) is 12.1 Å². The van der Waals surface area contributed by atoms with E-state index in [9.17, 15) is 14.4 Å². The molecule has 1 heterocycles.